The van der Waals surface area contributed by atoms with Gasteiger partial charge in [-0.3, -0.25) is 4.79 Å². The molecule has 0 aliphatic heterocycles. The normalized spacial score (nSPS) is 10.4. The van der Waals surface area contributed by atoms with Gasteiger partial charge in [0, 0.05) is 15.6 Å². The smallest absolute Gasteiger partial charge is 0.195 e. The Morgan fingerprint density at radius 1 is 1.06 bits per heavy atom. The van der Waals surface area contributed by atoms with Crippen LogP contribution in [-0.2, 0) is 0 Å². The second-order valence-electron chi connectivity index (χ2n) is 3.07. The average Bonchev–Trinajstić information content (AvgIpc) is 2.58. The van der Waals surface area contributed by atoms with Gasteiger partial charge in [-0.15, -0.1) is 11.3 Å². The molecule has 0 spiro atoms. The van der Waals surface area contributed by atoms with Crippen LogP contribution in [0.2, 0.25) is 0 Å². The van der Waals surface area contributed by atoms with E-state index in [0.29, 0.717) is 11.1 Å². The molecule has 82 valence electrons. The molecule has 5 heteroatoms. The van der Waals surface area contributed by atoms with Crippen LogP contribution in [0.3, 0.4) is 0 Å². The van der Waals surface area contributed by atoms with Gasteiger partial charge in [0.2, 0.25) is 0 Å². The van der Waals surface area contributed by atoms with Gasteiger partial charge in [-0.1, -0.05) is 15.9 Å². The number of rotatable bonds is 2. The third kappa shape index (κ3) is 2.64. The number of thiophene rings is 1. The quantitative estimate of drug-likeness (QED) is 0.600. The largest absolute Gasteiger partial charge is 0.289 e. The molecule has 0 saturated heterocycles. The van der Waals surface area contributed by atoms with Crippen molar-refractivity contribution in [2.24, 2.45) is 0 Å². The number of ketones is 1. The van der Waals surface area contributed by atoms with E-state index in [9.17, 15) is 4.79 Å². The highest BCUT2D eigenvalue weighted by Crippen LogP contribution is 2.33. The fourth-order valence-corrected chi connectivity index (χ4v) is 4.31. The van der Waals surface area contributed by atoms with Crippen molar-refractivity contribution >= 4 is 64.9 Å². The molecule has 2 aromatic rings. The van der Waals surface area contributed by atoms with E-state index < -0.39 is 0 Å². The van der Waals surface area contributed by atoms with Gasteiger partial charge >= 0.3 is 0 Å². The Labute approximate surface area is 122 Å². The number of hydrogen-bond acceptors (Lipinski definition) is 2. The summed E-state index contributed by atoms with van der Waals surface area (Å²) in [7, 11) is 0. The van der Waals surface area contributed by atoms with Gasteiger partial charge in [0.1, 0.15) is 0 Å². The topological polar surface area (TPSA) is 17.1 Å². The Bertz CT molecular complexity index is 531. The van der Waals surface area contributed by atoms with Gasteiger partial charge in [0.05, 0.1) is 7.57 Å². The first-order chi connectivity index (χ1) is 7.58. The summed E-state index contributed by atoms with van der Waals surface area (Å²) in [5, 5.41) is 0. The van der Waals surface area contributed by atoms with Crippen LogP contribution in [0.1, 0.15) is 15.9 Å². The molecule has 0 aliphatic carbocycles. The Kier molecular flexibility index (Phi) is 4.00. The number of halogens is 3. The van der Waals surface area contributed by atoms with E-state index in [4.69, 9.17) is 0 Å². The molecule has 0 amide bonds. The van der Waals surface area contributed by atoms with Gasteiger partial charge < -0.3 is 0 Å². The van der Waals surface area contributed by atoms with Crippen molar-refractivity contribution in [1.82, 2.24) is 0 Å². The number of carbonyl (C=O) groups is 1. The first-order valence-electron chi connectivity index (χ1n) is 4.33. The molecule has 0 saturated carbocycles. The maximum Gasteiger partial charge on any atom is 0.195 e. The molecule has 0 fully saturated rings. The first-order valence-corrected chi connectivity index (χ1v) is 7.52. The Morgan fingerprint density at radius 3 is 2.19 bits per heavy atom. The highest BCUT2D eigenvalue weighted by atomic mass is 79.9. The second kappa shape index (κ2) is 5.12. The molecule has 0 bridgehead atoms. The number of hydrogen-bond donors (Lipinski definition) is 0. The molecule has 1 heterocycles. The molecule has 0 unspecified atom stereocenters. The van der Waals surface area contributed by atoms with Crippen molar-refractivity contribution < 1.29 is 4.79 Å². The highest BCUT2D eigenvalue weighted by Gasteiger charge is 2.15. The maximum absolute atomic E-state index is 12.1. The molecular weight excluding hydrogens is 420 g/mol. The number of benzene rings is 1. The summed E-state index contributed by atoms with van der Waals surface area (Å²) in [5.41, 5.74) is 1.38. The monoisotopic (exact) mass is 422 g/mol. The van der Waals surface area contributed by atoms with Crippen molar-refractivity contribution in [3.63, 3.8) is 0 Å². The molecule has 1 aromatic heterocycles. The van der Waals surface area contributed by atoms with Gasteiger partial charge in [-0.25, -0.2) is 0 Å². The van der Waals surface area contributed by atoms with Crippen molar-refractivity contribution in [3.05, 3.63) is 53.5 Å². The van der Waals surface area contributed by atoms with Crippen LogP contribution in [0, 0.1) is 0 Å². The predicted octanol–water partition coefficient (Wildman–Crippen LogP) is 5.27. The highest BCUT2D eigenvalue weighted by molar-refractivity contribution is 9.12. The molecule has 16 heavy (non-hydrogen) atoms. The van der Waals surface area contributed by atoms with Gasteiger partial charge in [-0.2, -0.15) is 0 Å². The Balaban J connectivity index is 2.39. The molecule has 0 atom stereocenters. The summed E-state index contributed by atoms with van der Waals surface area (Å²) >= 11 is 11.6. The van der Waals surface area contributed by atoms with Crippen LogP contribution >= 0.6 is 59.1 Å². The lowest BCUT2D eigenvalue weighted by Crippen LogP contribution is -1.99. The van der Waals surface area contributed by atoms with Crippen molar-refractivity contribution in [3.8, 4) is 0 Å². The standard InChI is InChI=1S/C11H5Br3OS/c12-7-3-1-6(2-4-7)10(15)8-5-9(13)16-11(8)14/h1-5H. The summed E-state index contributed by atoms with van der Waals surface area (Å²) in [6.45, 7) is 0. The summed E-state index contributed by atoms with van der Waals surface area (Å²) in [4.78, 5) is 12.1. The maximum atomic E-state index is 12.1. The summed E-state index contributed by atoms with van der Waals surface area (Å²) in [6.07, 6.45) is 0. The predicted molar refractivity (Wildman–Crippen MR) is 77.3 cm³/mol. The third-order valence-corrected chi connectivity index (χ3v) is 4.88. The SMILES string of the molecule is O=C(c1ccc(Br)cc1)c1cc(Br)sc1Br. The fourth-order valence-electron chi connectivity index (χ4n) is 1.25. The lowest BCUT2D eigenvalue weighted by molar-refractivity contribution is 0.103. The van der Waals surface area contributed by atoms with Gasteiger partial charge in [-0.05, 0) is 62.2 Å². The Hall–Kier alpha value is 0.0300. The van der Waals surface area contributed by atoms with Crippen LogP contribution in [0.15, 0.2) is 42.4 Å². The van der Waals surface area contributed by atoms with E-state index in [2.05, 4.69) is 47.8 Å². The van der Waals surface area contributed by atoms with Gasteiger partial charge in [0.15, 0.2) is 5.78 Å². The lowest BCUT2D eigenvalue weighted by atomic mass is 10.1. The van der Waals surface area contributed by atoms with E-state index in [1.54, 1.807) is 0 Å². The zero-order valence-electron chi connectivity index (χ0n) is 7.84. The van der Waals surface area contributed by atoms with Crippen LogP contribution in [0.4, 0.5) is 0 Å². The number of carbonyl (C=O) groups excluding carboxylic acids is 1. The van der Waals surface area contributed by atoms with Crippen molar-refractivity contribution in [1.29, 1.82) is 0 Å². The van der Waals surface area contributed by atoms with E-state index in [1.807, 2.05) is 30.3 Å². The van der Waals surface area contributed by atoms with E-state index >= 15 is 0 Å². The molecule has 1 nitrogen and oxygen atoms in total. The van der Waals surface area contributed by atoms with Gasteiger partial charge in [0.25, 0.3) is 0 Å². The minimum absolute atomic E-state index is 0.0290. The first kappa shape index (κ1) is 12.5. The molecule has 2 rings (SSSR count). The molecule has 1 aromatic carbocycles. The van der Waals surface area contributed by atoms with Crippen LogP contribution in [-0.4, -0.2) is 5.78 Å². The molecule has 0 N–H and O–H groups in total. The van der Waals surface area contributed by atoms with E-state index in [-0.39, 0.29) is 5.78 Å². The minimum Gasteiger partial charge on any atom is -0.289 e. The molecule has 0 aliphatic rings. The zero-order valence-corrected chi connectivity index (χ0v) is 13.4. The lowest BCUT2D eigenvalue weighted by Gasteiger charge is -1.99. The average molecular weight is 425 g/mol. The fraction of sp³-hybridized carbons (Fsp3) is 0. The van der Waals surface area contributed by atoms with E-state index in [1.165, 1.54) is 11.3 Å². The van der Waals surface area contributed by atoms with E-state index in [0.717, 1.165) is 12.0 Å². The zero-order chi connectivity index (χ0) is 11.7. The van der Waals surface area contributed by atoms with Crippen molar-refractivity contribution in [2.75, 3.05) is 0 Å². The summed E-state index contributed by atoms with van der Waals surface area (Å²) < 4.78 is 2.77. The summed E-state index contributed by atoms with van der Waals surface area (Å²) in [6, 6.07) is 9.18. The van der Waals surface area contributed by atoms with Crippen LogP contribution in [0.25, 0.3) is 0 Å². The van der Waals surface area contributed by atoms with Crippen LogP contribution in [0.5, 0.6) is 0 Å². The third-order valence-electron chi connectivity index (χ3n) is 2.01. The summed E-state index contributed by atoms with van der Waals surface area (Å²) in [5.74, 6) is 0.0290. The Morgan fingerprint density at radius 2 is 1.69 bits per heavy atom. The van der Waals surface area contributed by atoms with Crippen molar-refractivity contribution in [2.45, 2.75) is 0 Å². The molecular formula is C11H5Br3OS. The van der Waals surface area contributed by atoms with Crippen LogP contribution < -0.4 is 0 Å². The molecule has 0 radical (unpaired) electrons. The minimum atomic E-state index is 0.0290. The second-order valence-corrected chi connectivity index (χ2v) is 7.74.